The van der Waals surface area contributed by atoms with Crippen LogP contribution in [0.15, 0.2) is 24.3 Å². The van der Waals surface area contributed by atoms with Crippen molar-refractivity contribution < 1.29 is 4.79 Å². The molecule has 0 aromatic heterocycles. The Kier molecular flexibility index (Phi) is 5.74. The van der Waals surface area contributed by atoms with E-state index in [1.807, 2.05) is 38.2 Å². The molecule has 10 heavy (non-hydrogen) atoms. The van der Waals surface area contributed by atoms with Crippen molar-refractivity contribution in [3.05, 3.63) is 24.3 Å². The molecule has 0 fully saturated rings. The van der Waals surface area contributed by atoms with E-state index in [0.29, 0.717) is 12.8 Å². The number of rotatable bonds is 4. The van der Waals surface area contributed by atoms with Crippen molar-refractivity contribution in [2.24, 2.45) is 0 Å². The summed E-state index contributed by atoms with van der Waals surface area (Å²) in [5.41, 5.74) is 0. The molecule has 0 aromatic rings. The zero-order chi connectivity index (χ0) is 7.82. The van der Waals surface area contributed by atoms with Crippen LogP contribution in [-0.4, -0.2) is 5.78 Å². The van der Waals surface area contributed by atoms with Crippen molar-refractivity contribution in [1.29, 1.82) is 0 Å². The summed E-state index contributed by atoms with van der Waals surface area (Å²) >= 11 is 0. The van der Waals surface area contributed by atoms with Gasteiger partial charge in [0, 0.05) is 12.8 Å². The smallest absolute Gasteiger partial charge is 0.140 e. The maximum atomic E-state index is 10.9. The SMILES string of the molecule is C/C=C/CC(=O)C/C=C/C. The van der Waals surface area contributed by atoms with Gasteiger partial charge in [0.2, 0.25) is 0 Å². The average Bonchev–Trinajstić information content (AvgIpc) is 1.97. The summed E-state index contributed by atoms with van der Waals surface area (Å²) in [6.45, 7) is 3.84. The first-order chi connectivity index (χ1) is 4.81. The van der Waals surface area contributed by atoms with Crippen LogP contribution in [-0.2, 0) is 4.79 Å². The number of ketones is 1. The van der Waals surface area contributed by atoms with Crippen molar-refractivity contribution >= 4 is 5.78 Å². The molecule has 0 aliphatic rings. The third-order valence-corrected chi connectivity index (χ3v) is 1.16. The molecule has 0 rings (SSSR count). The minimum absolute atomic E-state index is 0.274. The molecule has 0 heterocycles. The molecule has 0 aromatic carbocycles. The highest BCUT2D eigenvalue weighted by atomic mass is 16.1. The highest BCUT2D eigenvalue weighted by Gasteiger charge is 1.92. The first kappa shape index (κ1) is 9.15. The van der Waals surface area contributed by atoms with Crippen LogP contribution in [0.3, 0.4) is 0 Å². The van der Waals surface area contributed by atoms with Gasteiger partial charge in [-0.2, -0.15) is 0 Å². The van der Waals surface area contributed by atoms with Crippen LogP contribution in [0.25, 0.3) is 0 Å². The topological polar surface area (TPSA) is 17.1 Å². The van der Waals surface area contributed by atoms with Gasteiger partial charge in [-0.15, -0.1) is 0 Å². The van der Waals surface area contributed by atoms with Crippen molar-refractivity contribution in [1.82, 2.24) is 0 Å². The summed E-state index contributed by atoms with van der Waals surface area (Å²) in [6.07, 6.45) is 8.69. The monoisotopic (exact) mass is 138 g/mol. The second kappa shape index (κ2) is 6.27. The highest BCUT2D eigenvalue weighted by molar-refractivity contribution is 5.81. The van der Waals surface area contributed by atoms with Crippen LogP contribution < -0.4 is 0 Å². The van der Waals surface area contributed by atoms with Crippen LogP contribution in [0.5, 0.6) is 0 Å². The molecule has 0 aliphatic heterocycles. The van der Waals surface area contributed by atoms with Crippen molar-refractivity contribution in [3.8, 4) is 0 Å². The largest absolute Gasteiger partial charge is 0.299 e. The molecule has 0 spiro atoms. The van der Waals surface area contributed by atoms with Gasteiger partial charge < -0.3 is 0 Å². The molecule has 0 N–H and O–H groups in total. The number of carbonyl (C=O) groups is 1. The fraction of sp³-hybridized carbons (Fsp3) is 0.444. The zero-order valence-corrected chi connectivity index (χ0v) is 6.63. The molecule has 0 saturated carbocycles. The Hall–Kier alpha value is -0.850. The third-order valence-electron chi connectivity index (χ3n) is 1.16. The lowest BCUT2D eigenvalue weighted by molar-refractivity contribution is -0.117. The maximum Gasteiger partial charge on any atom is 0.140 e. The van der Waals surface area contributed by atoms with Crippen LogP contribution in [0.4, 0.5) is 0 Å². The molecular weight excluding hydrogens is 124 g/mol. The minimum Gasteiger partial charge on any atom is -0.299 e. The van der Waals surface area contributed by atoms with E-state index in [2.05, 4.69) is 0 Å². The molecular formula is C9H14O. The van der Waals surface area contributed by atoms with Gasteiger partial charge >= 0.3 is 0 Å². The van der Waals surface area contributed by atoms with E-state index in [1.165, 1.54) is 0 Å². The first-order valence-electron chi connectivity index (χ1n) is 3.55. The summed E-state index contributed by atoms with van der Waals surface area (Å²) in [6, 6.07) is 0. The molecule has 0 bridgehead atoms. The van der Waals surface area contributed by atoms with Crippen LogP contribution in [0.2, 0.25) is 0 Å². The van der Waals surface area contributed by atoms with E-state index < -0.39 is 0 Å². The quantitative estimate of drug-likeness (QED) is 0.545. The molecule has 0 saturated heterocycles. The molecule has 1 heteroatoms. The molecule has 0 radical (unpaired) electrons. The first-order valence-corrected chi connectivity index (χ1v) is 3.55. The van der Waals surface area contributed by atoms with E-state index in [9.17, 15) is 4.79 Å². The Labute approximate surface area is 62.4 Å². The van der Waals surface area contributed by atoms with Crippen LogP contribution in [0.1, 0.15) is 26.7 Å². The molecule has 56 valence electrons. The van der Waals surface area contributed by atoms with Crippen LogP contribution in [0, 0.1) is 0 Å². The Morgan fingerprint density at radius 3 is 1.80 bits per heavy atom. The summed E-state index contributed by atoms with van der Waals surface area (Å²) in [4.78, 5) is 10.9. The van der Waals surface area contributed by atoms with Gasteiger partial charge in [-0.3, -0.25) is 4.79 Å². The average molecular weight is 138 g/mol. The second-order valence-corrected chi connectivity index (χ2v) is 2.08. The van der Waals surface area contributed by atoms with Gasteiger partial charge in [0.25, 0.3) is 0 Å². The van der Waals surface area contributed by atoms with Gasteiger partial charge in [0.15, 0.2) is 0 Å². The fourth-order valence-electron chi connectivity index (χ4n) is 0.582. The number of hydrogen-bond acceptors (Lipinski definition) is 1. The van der Waals surface area contributed by atoms with Crippen molar-refractivity contribution in [2.75, 3.05) is 0 Å². The summed E-state index contributed by atoms with van der Waals surface area (Å²) in [5.74, 6) is 0.274. The summed E-state index contributed by atoms with van der Waals surface area (Å²) < 4.78 is 0. The normalized spacial score (nSPS) is 11.4. The maximum absolute atomic E-state index is 10.9. The third kappa shape index (κ3) is 5.29. The molecule has 0 amide bonds. The van der Waals surface area contributed by atoms with E-state index in [4.69, 9.17) is 0 Å². The van der Waals surface area contributed by atoms with Gasteiger partial charge in [-0.25, -0.2) is 0 Å². The van der Waals surface area contributed by atoms with E-state index in [0.717, 1.165) is 0 Å². The number of Topliss-reactive ketones (excluding diaryl/α,β-unsaturated/α-hetero) is 1. The number of allylic oxidation sites excluding steroid dienone is 4. The summed E-state index contributed by atoms with van der Waals surface area (Å²) in [5, 5.41) is 0. The lowest BCUT2D eigenvalue weighted by Gasteiger charge is -1.87. The van der Waals surface area contributed by atoms with E-state index in [1.54, 1.807) is 0 Å². The predicted octanol–water partition coefficient (Wildman–Crippen LogP) is 2.49. The molecule has 0 atom stereocenters. The Morgan fingerprint density at radius 1 is 1.10 bits per heavy atom. The van der Waals surface area contributed by atoms with Gasteiger partial charge in [-0.1, -0.05) is 24.3 Å². The Balaban J connectivity index is 3.44. The highest BCUT2D eigenvalue weighted by Crippen LogP contribution is 1.92. The van der Waals surface area contributed by atoms with Gasteiger partial charge in [0.1, 0.15) is 5.78 Å². The molecule has 0 unspecified atom stereocenters. The van der Waals surface area contributed by atoms with Gasteiger partial charge in [-0.05, 0) is 13.8 Å². The lowest BCUT2D eigenvalue weighted by Crippen LogP contribution is -1.91. The van der Waals surface area contributed by atoms with Crippen molar-refractivity contribution in [2.45, 2.75) is 26.7 Å². The second-order valence-electron chi connectivity index (χ2n) is 2.08. The molecule has 0 aliphatic carbocycles. The predicted molar refractivity (Wildman–Crippen MR) is 43.9 cm³/mol. The Bertz CT molecular complexity index is 127. The van der Waals surface area contributed by atoms with Crippen molar-refractivity contribution in [3.63, 3.8) is 0 Å². The lowest BCUT2D eigenvalue weighted by atomic mass is 10.2. The molecule has 1 nitrogen and oxygen atoms in total. The van der Waals surface area contributed by atoms with Gasteiger partial charge in [0.05, 0.1) is 0 Å². The fourth-order valence-corrected chi connectivity index (χ4v) is 0.582. The zero-order valence-electron chi connectivity index (χ0n) is 6.63. The number of hydrogen-bond donors (Lipinski definition) is 0. The minimum atomic E-state index is 0.274. The van der Waals surface area contributed by atoms with E-state index in [-0.39, 0.29) is 5.78 Å². The standard InChI is InChI=1S/C9H14O/c1-3-5-7-9(10)8-6-4-2/h3-6H,7-8H2,1-2H3/b5-3+,6-4+. The van der Waals surface area contributed by atoms with Crippen LogP contribution >= 0.6 is 0 Å². The number of carbonyl (C=O) groups excluding carboxylic acids is 1. The Morgan fingerprint density at radius 2 is 1.50 bits per heavy atom. The van der Waals surface area contributed by atoms with E-state index >= 15 is 0 Å². The summed E-state index contributed by atoms with van der Waals surface area (Å²) in [7, 11) is 0.